The van der Waals surface area contributed by atoms with Gasteiger partial charge in [-0.3, -0.25) is 10.1 Å². The lowest BCUT2D eigenvalue weighted by atomic mass is 10.1. The van der Waals surface area contributed by atoms with Crippen LogP contribution < -0.4 is 0 Å². The fraction of sp³-hybridized carbons (Fsp3) is 0. The number of nitro benzene ring substituents is 1. The van der Waals surface area contributed by atoms with Crippen LogP contribution in [0.1, 0.15) is 11.5 Å². The van der Waals surface area contributed by atoms with E-state index in [4.69, 9.17) is 27.6 Å². The first kappa shape index (κ1) is 17.0. The lowest BCUT2D eigenvalue weighted by Crippen LogP contribution is -1.89. The third kappa shape index (κ3) is 3.81. The van der Waals surface area contributed by atoms with Gasteiger partial charge in [-0.05, 0) is 42.0 Å². The van der Waals surface area contributed by atoms with E-state index in [1.807, 2.05) is 0 Å². The minimum Gasteiger partial charge on any atom is -0.502 e. The van der Waals surface area contributed by atoms with Crippen molar-refractivity contribution in [1.29, 1.82) is 0 Å². The summed E-state index contributed by atoms with van der Waals surface area (Å²) in [6.45, 7) is 0. The molecule has 126 valence electrons. The molecular weight excluding hydrogens is 367 g/mol. The number of benzene rings is 2. The zero-order valence-corrected chi connectivity index (χ0v) is 14.0. The highest BCUT2D eigenvalue weighted by atomic mass is 35.5. The van der Waals surface area contributed by atoms with Gasteiger partial charge in [0.2, 0.25) is 5.89 Å². The van der Waals surface area contributed by atoms with Crippen molar-refractivity contribution in [2.24, 2.45) is 0 Å². The highest BCUT2D eigenvalue weighted by molar-refractivity contribution is 6.50. The summed E-state index contributed by atoms with van der Waals surface area (Å²) in [7, 11) is 0. The lowest BCUT2D eigenvalue weighted by Gasteiger charge is -1.99. The minimum atomic E-state index is -0.676. The third-order valence-corrected chi connectivity index (χ3v) is 3.85. The van der Waals surface area contributed by atoms with Crippen molar-refractivity contribution in [1.82, 2.24) is 4.98 Å². The molecule has 0 aliphatic heterocycles. The molecule has 8 heteroatoms. The highest BCUT2D eigenvalue weighted by Crippen LogP contribution is 2.30. The summed E-state index contributed by atoms with van der Waals surface area (Å²) < 4.78 is 5.61. The number of aromatic hydroxyl groups is 1. The monoisotopic (exact) mass is 376 g/mol. The van der Waals surface area contributed by atoms with Crippen molar-refractivity contribution in [3.8, 4) is 17.1 Å². The SMILES string of the molecule is O=[N+]([O-])c1cc(/C=C(\Cl)c2ncc(-c3ccc(Cl)cc3)o2)ccc1O. The van der Waals surface area contributed by atoms with E-state index in [-0.39, 0.29) is 10.9 Å². The number of hydrogen-bond donors (Lipinski definition) is 1. The average molecular weight is 377 g/mol. The van der Waals surface area contributed by atoms with E-state index in [2.05, 4.69) is 4.98 Å². The molecule has 0 spiro atoms. The van der Waals surface area contributed by atoms with E-state index >= 15 is 0 Å². The quantitative estimate of drug-likeness (QED) is 0.489. The molecule has 2 aromatic carbocycles. The second-order valence-corrected chi connectivity index (χ2v) is 5.88. The average Bonchev–Trinajstić information content (AvgIpc) is 3.07. The Bertz CT molecular complexity index is 965. The molecule has 1 heterocycles. The molecule has 25 heavy (non-hydrogen) atoms. The number of aromatic nitrogens is 1. The van der Waals surface area contributed by atoms with Gasteiger partial charge in [0.1, 0.15) is 5.03 Å². The van der Waals surface area contributed by atoms with Crippen LogP contribution in [0.2, 0.25) is 5.02 Å². The van der Waals surface area contributed by atoms with Gasteiger partial charge in [0, 0.05) is 16.7 Å². The normalized spacial score (nSPS) is 11.5. The predicted molar refractivity (Wildman–Crippen MR) is 95.4 cm³/mol. The van der Waals surface area contributed by atoms with Gasteiger partial charge >= 0.3 is 5.69 Å². The molecule has 1 N–H and O–H groups in total. The Labute approximate surface area is 152 Å². The van der Waals surface area contributed by atoms with Gasteiger partial charge in [0.05, 0.1) is 11.1 Å². The number of rotatable bonds is 4. The van der Waals surface area contributed by atoms with Crippen LogP contribution in [0, 0.1) is 10.1 Å². The van der Waals surface area contributed by atoms with Crippen molar-refractivity contribution >= 4 is 40.0 Å². The molecule has 0 aliphatic rings. The van der Waals surface area contributed by atoms with Gasteiger partial charge < -0.3 is 9.52 Å². The van der Waals surface area contributed by atoms with Crippen LogP contribution in [0.25, 0.3) is 22.4 Å². The van der Waals surface area contributed by atoms with E-state index in [9.17, 15) is 15.2 Å². The molecule has 3 rings (SSSR count). The van der Waals surface area contributed by atoms with Crippen LogP contribution in [-0.2, 0) is 0 Å². The largest absolute Gasteiger partial charge is 0.502 e. The van der Waals surface area contributed by atoms with Gasteiger partial charge in [-0.25, -0.2) is 4.98 Å². The Hall–Kier alpha value is -2.83. The molecule has 0 saturated carbocycles. The second kappa shape index (κ2) is 6.96. The minimum absolute atomic E-state index is 0.167. The molecular formula is C17H10Cl2N2O4. The van der Waals surface area contributed by atoms with E-state index < -0.39 is 16.4 Å². The van der Waals surface area contributed by atoms with Crippen LogP contribution in [0.4, 0.5) is 5.69 Å². The van der Waals surface area contributed by atoms with E-state index in [1.165, 1.54) is 30.5 Å². The molecule has 0 amide bonds. The number of phenols is 1. The number of nitro groups is 1. The smallest absolute Gasteiger partial charge is 0.311 e. The standard InChI is InChI=1S/C17H10Cl2N2O4/c18-12-4-2-11(3-5-12)16-9-20-17(25-16)13(19)7-10-1-6-15(22)14(8-10)21(23)24/h1-9,22H/b13-7-. The fourth-order valence-corrected chi connectivity index (χ4v) is 2.46. The number of nitrogens with zero attached hydrogens (tertiary/aromatic N) is 2. The van der Waals surface area contributed by atoms with Gasteiger partial charge in [-0.1, -0.05) is 29.3 Å². The molecule has 0 bridgehead atoms. The maximum atomic E-state index is 10.9. The maximum Gasteiger partial charge on any atom is 0.311 e. The van der Waals surface area contributed by atoms with Crippen molar-refractivity contribution in [3.05, 3.63) is 75.3 Å². The number of oxazole rings is 1. The molecule has 3 aromatic rings. The molecule has 0 unspecified atom stereocenters. The summed E-state index contributed by atoms with van der Waals surface area (Å²) in [5.41, 5.74) is 0.807. The summed E-state index contributed by atoms with van der Waals surface area (Å²) in [5, 5.41) is 21.1. The van der Waals surface area contributed by atoms with Crippen molar-refractivity contribution in [2.75, 3.05) is 0 Å². The Morgan fingerprint density at radius 1 is 1.24 bits per heavy atom. The van der Waals surface area contributed by atoms with Crippen molar-refractivity contribution in [2.45, 2.75) is 0 Å². The fourth-order valence-electron chi connectivity index (χ4n) is 2.12. The summed E-state index contributed by atoms with van der Waals surface area (Å²) in [4.78, 5) is 14.3. The van der Waals surface area contributed by atoms with Crippen LogP contribution in [0.5, 0.6) is 5.75 Å². The second-order valence-electron chi connectivity index (χ2n) is 5.03. The van der Waals surface area contributed by atoms with Gasteiger partial charge in [-0.15, -0.1) is 0 Å². The highest BCUT2D eigenvalue weighted by Gasteiger charge is 2.14. The molecule has 0 saturated heterocycles. The van der Waals surface area contributed by atoms with Crippen LogP contribution in [-0.4, -0.2) is 15.0 Å². The molecule has 6 nitrogen and oxygen atoms in total. The summed E-state index contributed by atoms with van der Waals surface area (Å²) in [6.07, 6.45) is 2.99. The molecule has 0 radical (unpaired) electrons. The van der Waals surface area contributed by atoms with Crippen LogP contribution in [0.15, 0.2) is 53.1 Å². The van der Waals surface area contributed by atoms with E-state index in [0.29, 0.717) is 16.3 Å². The first-order valence-electron chi connectivity index (χ1n) is 7.01. The summed E-state index contributed by atoms with van der Waals surface area (Å²) in [6, 6.07) is 11.0. The van der Waals surface area contributed by atoms with Crippen LogP contribution in [0.3, 0.4) is 0 Å². The van der Waals surface area contributed by atoms with Gasteiger partial charge in [0.15, 0.2) is 11.5 Å². The zero-order chi connectivity index (χ0) is 18.0. The Kier molecular flexibility index (Phi) is 4.74. The number of phenolic OH excluding ortho intramolecular Hbond substituents is 1. The number of hydrogen-bond acceptors (Lipinski definition) is 5. The predicted octanol–water partition coefficient (Wildman–Crippen LogP) is 5.35. The summed E-state index contributed by atoms with van der Waals surface area (Å²) >= 11 is 12.0. The molecule has 1 aromatic heterocycles. The Morgan fingerprint density at radius 3 is 2.64 bits per heavy atom. The van der Waals surface area contributed by atoms with Crippen molar-refractivity contribution < 1.29 is 14.4 Å². The molecule has 0 atom stereocenters. The van der Waals surface area contributed by atoms with E-state index in [1.54, 1.807) is 24.3 Å². The Balaban J connectivity index is 1.90. The Morgan fingerprint density at radius 2 is 1.96 bits per heavy atom. The number of halogens is 2. The van der Waals surface area contributed by atoms with Crippen molar-refractivity contribution in [3.63, 3.8) is 0 Å². The first-order chi connectivity index (χ1) is 11.9. The topological polar surface area (TPSA) is 89.4 Å². The molecule has 0 aliphatic carbocycles. The first-order valence-corrected chi connectivity index (χ1v) is 7.76. The third-order valence-electron chi connectivity index (χ3n) is 3.33. The van der Waals surface area contributed by atoms with Crippen LogP contribution >= 0.6 is 23.2 Å². The lowest BCUT2D eigenvalue weighted by molar-refractivity contribution is -0.385. The van der Waals surface area contributed by atoms with Gasteiger partial charge in [-0.2, -0.15) is 0 Å². The van der Waals surface area contributed by atoms with E-state index in [0.717, 1.165) is 5.56 Å². The van der Waals surface area contributed by atoms with Gasteiger partial charge in [0.25, 0.3) is 0 Å². The molecule has 0 fully saturated rings. The maximum absolute atomic E-state index is 10.9. The summed E-state index contributed by atoms with van der Waals surface area (Å²) in [5.74, 6) is 0.261. The zero-order valence-electron chi connectivity index (χ0n) is 12.5.